The lowest BCUT2D eigenvalue weighted by Gasteiger charge is -2.11. The van der Waals surface area contributed by atoms with Crippen LogP contribution in [0.3, 0.4) is 0 Å². The van der Waals surface area contributed by atoms with E-state index >= 15 is 0 Å². The second-order valence-electron chi connectivity index (χ2n) is 4.93. The van der Waals surface area contributed by atoms with E-state index in [-0.39, 0.29) is 22.8 Å². The number of ether oxygens (including phenoxy) is 1. The van der Waals surface area contributed by atoms with Crippen molar-refractivity contribution in [3.05, 3.63) is 59.7 Å². The Labute approximate surface area is 142 Å². The van der Waals surface area contributed by atoms with Crippen molar-refractivity contribution in [2.24, 2.45) is 0 Å². The second kappa shape index (κ2) is 7.14. The number of benzene rings is 2. The van der Waals surface area contributed by atoms with Gasteiger partial charge in [0.1, 0.15) is 0 Å². The van der Waals surface area contributed by atoms with E-state index in [9.17, 15) is 26.4 Å². The molecule has 0 saturated heterocycles. The summed E-state index contributed by atoms with van der Waals surface area (Å²) in [5.74, 6) is -0.613. The third-order valence-corrected chi connectivity index (χ3v) is 4.52. The quantitative estimate of drug-likeness (QED) is 0.812. The van der Waals surface area contributed by atoms with Crippen molar-refractivity contribution in [3.8, 4) is 0 Å². The maximum Gasteiger partial charge on any atom is 0.416 e. The zero-order valence-electron chi connectivity index (χ0n) is 13.0. The highest BCUT2D eigenvalue weighted by Crippen LogP contribution is 2.30. The van der Waals surface area contributed by atoms with Crippen molar-refractivity contribution in [2.45, 2.75) is 18.0 Å². The number of sulfonamides is 1. The molecular weight excluding hydrogens is 359 g/mol. The van der Waals surface area contributed by atoms with Gasteiger partial charge in [-0.2, -0.15) is 13.2 Å². The van der Waals surface area contributed by atoms with Gasteiger partial charge in [-0.25, -0.2) is 13.2 Å². The van der Waals surface area contributed by atoms with Crippen LogP contribution in [0.25, 0.3) is 0 Å². The Morgan fingerprint density at radius 3 is 2.32 bits per heavy atom. The molecule has 0 saturated carbocycles. The van der Waals surface area contributed by atoms with Crippen LogP contribution in [-0.4, -0.2) is 21.0 Å². The molecule has 9 heteroatoms. The second-order valence-corrected chi connectivity index (χ2v) is 6.61. The van der Waals surface area contributed by atoms with E-state index in [1.807, 2.05) is 0 Å². The fourth-order valence-electron chi connectivity index (χ4n) is 1.96. The van der Waals surface area contributed by atoms with Gasteiger partial charge in [0.15, 0.2) is 0 Å². The fourth-order valence-corrected chi connectivity index (χ4v) is 3.01. The van der Waals surface area contributed by atoms with E-state index in [4.69, 9.17) is 4.74 Å². The number of nitrogens with one attached hydrogen (secondary N) is 1. The molecule has 0 fully saturated rings. The molecule has 2 aromatic carbocycles. The minimum Gasteiger partial charge on any atom is -0.462 e. The highest BCUT2D eigenvalue weighted by atomic mass is 32.2. The molecule has 2 aromatic rings. The Balaban J connectivity index is 2.24. The van der Waals surface area contributed by atoms with E-state index in [1.54, 1.807) is 6.92 Å². The average molecular weight is 373 g/mol. The number of esters is 1. The summed E-state index contributed by atoms with van der Waals surface area (Å²) < 4.78 is 69.2. The van der Waals surface area contributed by atoms with E-state index in [1.165, 1.54) is 24.3 Å². The van der Waals surface area contributed by atoms with Gasteiger partial charge >= 0.3 is 12.1 Å². The van der Waals surface area contributed by atoms with Gasteiger partial charge in [0.05, 0.1) is 22.6 Å². The summed E-state index contributed by atoms with van der Waals surface area (Å²) in [4.78, 5) is 11.3. The van der Waals surface area contributed by atoms with Crippen molar-refractivity contribution >= 4 is 21.7 Å². The molecule has 0 unspecified atom stereocenters. The van der Waals surface area contributed by atoms with Crippen LogP contribution in [0.5, 0.6) is 0 Å². The van der Waals surface area contributed by atoms with Gasteiger partial charge in [0, 0.05) is 5.69 Å². The summed E-state index contributed by atoms with van der Waals surface area (Å²) in [6.45, 7) is 1.80. The van der Waals surface area contributed by atoms with E-state index in [0.717, 1.165) is 12.1 Å². The maximum atomic E-state index is 12.5. The third-order valence-electron chi connectivity index (χ3n) is 3.12. The standard InChI is InChI=1S/C16H14F3NO4S/c1-2-24-15(21)11-4-3-5-13(10-11)20-25(22,23)14-8-6-12(7-9-14)16(17,18)19/h3-10,20H,2H2,1H3. The van der Waals surface area contributed by atoms with Crippen molar-refractivity contribution in [1.29, 1.82) is 0 Å². The predicted octanol–water partition coefficient (Wildman–Crippen LogP) is 3.68. The number of carbonyl (C=O) groups is 1. The van der Waals surface area contributed by atoms with E-state index in [0.29, 0.717) is 12.1 Å². The zero-order chi connectivity index (χ0) is 18.7. The van der Waals surface area contributed by atoms with Gasteiger partial charge in [-0.1, -0.05) is 6.07 Å². The topological polar surface area (TPSA) is 72.5 Å². The van der Waals surface area contributed by atoms with Crippen LogP contribution in [-0.2, 0) is 20.9 Å². The average Bonchev–Trinajstić information content (AvgIpc) is 2.54. The molecule has 0 spiro atoms. The lowest BCUT2D eigenvalue weighted by Crippen LogP contribution is -2.14. The number of alkyl halides is 3. The summed E-state index contributed by atoms with van der Waals surface area (Å²) in [6, 6.07) is 8.68. The Hall–Kier alpha value is -2.55. The smallest absolute Gasteiger partial charge is 0.416 e. The summed E-state index contributed by atoms with van der Waals surface area (Å²) in [7, 11) is -4.10. The van der Waals surface area contributed by atoms with Gasteiger partial charge in [-0.15, -0.1) is 0 Å². The summed E-state index contributed by atoms with van der Waals surface area (Å²) in [5.41, 5.74) is -0.712. The lowest BCUT2D eigenvalue weighted by molar-refractivity contribution is -0.137. The molecule has 0 aromatic heterocycles. The van der Waals surface area contributed by atoms with Crippen LogP contribution >= 0.6 is 0 Å². The molecule has 2 rings (SSSR count). The van der Waals surface area contributed by atoms with Crippen LogP contribution in [0.4, 0.5) is 18.9 Å². The molecule has 5 nitrogen and oxygen atoms in total. The maximum absolute atomic E-state index is 12.5. The number of anilines is 1. The van der Waals surface area contributed by atoms with Gasteiger partial charge in [0.2, 0.25) is 0 Å². The van der Waals surface area contributed by atoms with Crippen LogP contribution in [0.1, 0.15) is 22.8 Å². The van der Waals surface area contributed by atoms with Crippen molar-refractivity contribution < 1.29 is 31.1 Å². The molecular formula is C16H14F3NO4S. The van der Waals surface area contributed by atoms with E-state index < -0.39 is 27.7 Å². The number of hydrogen-bond donors (Lipinski definition) is 1. The lowest BCUT2D eigenvalue weighted by atomic mass is 10.2. The Morgan fingerprint density at radius 2 is 1.76 bits per heavy atom. The molecule has 0 atom stereocenters. The van der Waals surface area contributed by atoms with Crippen LogP contribution in [0.15, 0.2) is 53.4 Å². The molecule has 0 bridgehead atoms. The molecule has 25 heavy (non-hydrogen) atoms. The molecule has 0 amide bonds. The highest BCUT2D eigenvalue weighted by Gasteiger charge is 2.30. The Kier molecular flexibility index (Phi) is 5.36. The van der Waals surface area contributed by atoms with E-state index in [2.05, 4.69) is 4.72 Å². The molecule has 0 radical (unpaired) electrons. The number of carbonyl (C=O) groups excluding carboxylic acids is 1. The minimum atomic E-state index is -4.55. The molecule has 0 heterocycles. The van der Waals surface area contributed by atoms with Gasteiger partial charge in [-0.3, -0.25) is 4.72 Å². The van der Waals surface area contributed by atoms with Crippen LogP contribution in [0, 0.1) is 0 Å². The van der Waals surface area contributed by atoms with Gasteiger partial charge in [0.25, 0.3) is 10.0 Å². The Morgan fingerprint density at radius 1 is 1.12 bits per heavy atom. The summed E-state index contributed by atoms with van der Waals surface area (Å²) >= 11 is 0. The molecule has 1 N–H and O–H groups in total. The largest absolute Gasteiger partial charge is 0.462 e. The zero-order valence-corrected chi connectivity index (χ0v) is 13.8. The SMILES string of the molecule is CCOC(=O)c1cccc(NS(=O)(=O)c2ccc(C(F)(F)F)cc2)c1. The van der Waals surface area contributed by atoms with Crippen molar-refractivity contribution in [2.75, 3.05) is 11.3 Å². The van der Waals surface area contributed by atoms with Crippen LogP contribution in [0.2, 0.25) is 0 Å². The monoisotopic (exact) mass is 373 g/mol. The van der Waals surface area contributed by atoms with Crippen LogP contribution < -0.4 is 4.72 Å². The summed E-state index contributed by atoms with van der Waals surface area (Å²) in [5, 5.41) is 0. The first-order chi connectivity index (χ1) is 11.6. The third kappa shape index (κ3) is 4.72. The molecule has 0 aliphatic heterocycles. The number of halogens is 3. The Bertz CT molecular complexity index is 862. The fraction of sp³-hybridized carbons (Fsp3) is 0.188. The molecule has 134 valence electrons. The first kappa shape index (κ1) is 18.8. The first-order valence-corrected chi connectivity index (χ1v) is 8.59. The van der Waals surface area contributed by atoms with Crippen molar-refractivity contribution in [3.63, 3.8) is 0 Å². The van der Waals surface area contributed by atoms with Crippen molar-refractivity contribution in [1.82, 2.24) is 0 Å². The predicted molar refractivity (Wildman–Crippen MR) is 84.7 cm³/mol. The summed E-state index contributed by atoms with van der Waals surface area (Å²) in [6.07, 6.45) is -4.55. The van der Waals surface area contributed by atoms with Gasteiger partial charge in [-0.05, 0) is 49.4 Å². The highest BCUT2D eigenvalue weighted by molar-refractivity contribution is 7.92. The van der Waals surface area contributed by atoms with Gasteiger partial charge < -0.3 is 4.74 Å². The normalized spacial score (nSPS) is 11.8. The number of hydrogen-bond acceptors (Lipinski definition) is 4. The molecule has 0 aliphatic rings. The minimum absolute atomic E-state index is 0.0884. The first-order valence-electron chi connectivity index (χ1n) is 7.11. The number of rotatable bonds is 5. The molecule has 0 aliphatic carbocycles.